The molecule has 0 aromatic rings. The number of halogens is 1. The van der Waals surface area contributed by atoms with Gasteiger partial charge in [-0.3, -0.25) is 0 Å². The van der Waals surface area contributed by atoms with Crippen LogP contribution in [-0.2, 0) is 4.74 Å². The van der Waals surface area contributed by atoms with E-state index in [0.29, 0.717) is 12.2 Å². The third-order valence-electron chi connectivity index (χ3n) is 4.09. The zero-order valence-corrected chi connectivity index (χ0v) is 16.4. The van der Waals surface area contributed by atoms with Crippen LogP contribution in [-0.4, -0.2) is 68.1 Å². The van der Waals surface area contributed by atoms with Crippen LogP contribution in [0.25, 0.3) is 0 Å². The van der Waals surface area contributed by atoms with Crippen LogP contribution in [0.5, 0.6) is 0 Å². The molecule has 142 valence electrons. The predicted molar refractivity (Wildman–Crippen MR) is 85.2 cm³/mol. The second kappa shape index (κ2) is 10.6. The number of alkyl halides is 1. The first-order chi connectivity index (χ1) is 11.3. The van der Waals surface area contributed by atoms with E-state index in [-0.39, 0.29) is 40.6 Å². The molecule has 0 saturated carbocycles. The molecule has 0 fully saturated rings. The van der Waals surface area contributed by atoms with Crippen LogP contribution in [0.4, 0.5) is 0 Å². The first-order valence-electron chi connectivity index (χ1n) is 7.94. The first kappa shape index (κ1) is 21.7. The number of nitrogens with one attached hydrogen (secondary N) is 1. The van der Waals surface area contributed by atoms with E-state index in [2.05, 4.69) is 8.46 Å². The van der Waals surface area contributed by atoms with Crippen LogP contribution in [0.2, 0.25) is 0 Å². The molecule has 6 N–H and O–H groups in total. The maximum absolute atomic E-state index is 10.2. The molecule has 0 aliphatic heterocycles. The van der Waals surface area contributed by atoms with Crippen LogP contribution in [0, 0.1) is 11.8 Å². The summed E-state index contributed by atoms with van der Waals surface area (Å²) in [7, 11) is 0. The van der Waals surface area contributed by atoms with Crippen molar-refractivity contribution in [3.8, 4) is 0 Å². The molecule has 0 radical (unpaired) electrons. The molecule has 24 heavy (non-hydrogen) atoms. The third-order valence-corrected chi connectivity index (χ3v) is 5.28. The van der Waals surface area contributed by atoms with Crippen molar-refractivity contribution in [2.75, 3.05) is 18.1 Å². The number of allylic oxidation sites excluding steroid dienone is 2. The van der Waals surface area contributed by atoms with Crippen LogP contribution in [0.3, 0.4) is 0 Å². The van der Waals surface area contributed by atoms with Crippen LogP contribution in [0.15, 0.2) is 23.6 Å². The topological polar surface area (TPSA) is 122 Å². The molecule has 0 bridgehead atoms. The average Bonchev–Trinajstić information content (AvgIpc) is 2.60. The number of ether oxygens (including phenoxy) is 1. The van der Waals surface area contributed by atoms with Crippen molar-refractivity contribution in [1.82, 2.24) is 3.53 Å². The normalized spacial score (nSPS) is 24.4. The van der Waals surface area contributed by atoms with Crippen molar-refractivity contribution >= 4 is 0 Å². The van der Waals surface area contributed by atoms with E-state index in [0.717, 1.165) is 5.70 Å². The van der Waals surface area contributed by atoms with Gasteiger partial charge in [-0.1, -0.05) is 0 Å². The summed E-state index contributed by atoms with van der Waals surface area (Å²) < 4.78 is 9.08. The summed E-state index contributed by atoms with van der Waals surface area (Å²) in [5.74, 6) is 0.0566. The molecule has 0 amide bonds. The van der Waals surface area contributed by atoms with Gasteiger partial charge in [0.25, 0.3) is 0 Å². The molecule has 0 heterocycles. The molecule has 1 rings (SSSR count). The van der Waals surface area contributed by atoms with Gasteiger partial charge in [-0.05, 0) is 0 Å². The minimum atomic E-state index is -1.42. The molecular weight excluding hydrogens is 429 g/mol. The Bertz CT molecular complexity index is 444. The van der Waals surface area contributed by atoms with Gasteiger partial charge in [0, 0.05) is 0 Å². The molecular formula is C16H29INO6-. The summed E-state index contributed by atoms with van der Waals surface area (Å²) >= 11 is -0.229. The van der Waals surface area contributed by atoms with Gasteiger partial charge in [0.1, 0.15) is 0 Å². The summed E-state index contributed by atoms with van der Waals surface area (Å²) in [5, 5.41) is 48.6. The Morgan fingerprint density at radius 3 is 2.42 bits per heavy atom. The SMILES string of the molecule is C[I-]NC1=C(OC(C)C(O)C(O)C(O)C(C)CO)C=CC(CO)C1. The van der Waals surface area contributed by atoms with E-state index >= 15 is 0 Å². The number of rotatable bonds is 10. The van der Waals surface area contributed by atoms with Crippen molar-refractivity contribution in [3.63, 3.8) is 0 Å². The molecule has 0 aromatic carbocycles. The summed E-state index contributed by atoms with van der Waals surface area (Å²) in [6, 6.07) is 0. The summed E-state index contributed by atoms with van der Waals surface area (Å²) in [6.07, 6.45) is -0.479. The summed E-state index contributed by atoms with van der Waals surface area (Å²) in [5.41, 5.74) is 0.879. The second-order valence-corrected chi connectivity index (χ2v) is 7.70. The first-order valence-corrected chi connectivity index (χ1v) is 11.2. The van der Waals surface area contributed by atoms with Gasteiger partial charge in [0.05, 0.1) is 0 Å². The molecule has 1 aliphatic rings. The van der Waals surface area contributed by atoms with E-state index in [1.807, 2.05) is 6.08 Å². The Morgan fingerprint density at radius 1 is 1.21 bits per heavy atom. The number of aliphatic hydroxyl groups is 5. The van der Waals surface area contributed by atoms with Gasteiger partial charge >= 0.3 is 154 Å². The van der Waals surface area contributed by atoms with Crippen molar-refractivity contribution in [2.45, 2.75) is 44.7 Å². The Morgan fingerprint density at radius 2 is 1.88 bits per heavy atom. The Hall–Kier alpha value is -0.390. The molecule has 0 saturated heterocycles. The fraction of sp³-hybridized carbons (Fsp3) is 0.750. The van der Waals surface area contributed by atoms with Crippen molar-refractivity contribution < 1.29 is 51.7 Å². The molecule has 1 aliphatic carbocycles. The van der Waals surface area contributed by atoms with E-state index in [4.69, 9.17) is 9.84 Å². The zero-order chi connectivity index (χ0) is 18.3. The van der Waals surface area contributed by atoms with Crippen molar-refractivity contribution in [2.24, 2.45) is 11.8 Å². The monoisotopic (exact) mass is 458 g/mol. The molecule has 0 spiro atoms. The van der Waals surface area contributed by atoms with Gasteiger partial charge in [0.15, 0.2) is 0 Å². The maximum atomic E-state index is 10.2. The van der Waals surface area contributed by atoms with E-state index < -0.39 is 30.3 Å². The standard InChI is InChI=1S/C16H29INO6/c1-9(7-19)14(21)16(23)15(22)10(2)24-13-5-4-11(8-20)6-12(13)18-17-3/h4-5,9-11,14-16,18-23H,6-8H2,1-3H3/q-1. The molecule has 6 atom stereocenters. The van der Waals surface area contributed by atoms with Crippen LogP contribution < -0.4 is 25.0 Å². The fourth-order valence-electron chi connectivity index (χ4n) is 2.38. The van der Waals surface area contributed by atoms with Gasteiger partial charge in [-0.15, -0.1) is 0 Å². The fourth-order valence-corrected chi connectivity index (χ4v) is 3.52. The number of hydrogen-bond acceptors (Lipinski definition) is 7. The summed E-state index contributed by atoms with van der Waals surface area (Å²) in [6.45, 7) is 2.96. The van der Waals surface area contributed by atoms with Gasteiger partial charge in [-0.2, -0.15) is 0 Å². The van der Waals surface area contributed by atoms with Crippen molar-refractivity contribution in [3.05, 3.63) is 23.6 Å². The zero-order valence-electron chi connectivity index (χ0n) is 14.3. The van der Waals surface area contributed by atoms with Gasteiger partial charge < -0.3 is 0 Å². The van der Waals surface area contributed by atoms with E-state index in [1.165, 1.54) is 0 Å². The van der Waals surface area contributed by atoms with Gasteiger partial charge in [-0.25, -0.2) is 0 Å². The Labute approximate surface area is 153 Å². The van der Waals surface area contributed by atoms with E-state index in [9.17, 15) is 20.4 Å². The predicted octanol–water partition coefficient (Wildman–Crippen LogP) is -3.89. The van der Waals surface area contributed by atoms with Gasteiger partial charge in [0.2, 0.25) is 0 Å². The average molecular weight is 458 g/mol. The second-order valence-electron chi connectivity index (χ2n) is 6.09. The number of aliphatic hydroxyl groups excluding tert-OH is 5. The van der Waals surface area contributed by atoms with Crippen LogP contribution >= 0.6 is 0 Å². The van der Waals surface area contributed by atoms with Crippen molar-refractivity contribution in [1.29, 1.82) is 0 Å². The van der Waals surface area contributed by atoms with E-state index in [1.54, 1.807) is 19.9 Å². The molecule has 6 unspecified atom stereocenters. The number of hydrogen-bond donors (Lipinski definition) is 6. The minimum absolute atomic E-state index is 0.0356. The quantitative estimate of drug-likeness (QED) is 0.113. The molecule has 0 aromatic heterocycles. The summed E-state index contributed by atoms with van der Waals surface area (Å²) in [4.78, 5) is 2.06. The molecule has 8 heteroatoms. The Balaban J connectivity index is 2.77. The Kier molecular flexibility index (Phi) is 9.53. The van der Waals surface area contributed by atoms with Crippen LogP contribution in [0.1, 0.15) is 20.3 Å². The third kappa shape index (κ3) is 5.85. The molecule has 7 nitrogen and oxygen atoms in total.